The van der Waals surface area contributed by atoms with Crippen LogP contribution in [0.3, 0.4) is 0 Å². The number of benzene rings is 2. The second kappa shape index (κ2) is 9.84. The molecule has 0 aromatic heterocycles. The van der Waals surface area contributed by atoms with Gasteiger partial charge in [-0.15, -0.1) is 11.8 Å². The maximum Gasteiger partial charge on any atom is 0.339 e. The fourth-order valence-corrected chi connectivity index (χ4v) is 3.01. The topological polar surface area (TPSA) is 55.4 Å². The Morgan fingerprint density at radius 1 is 1.12 bits per heavy atom. The SMILES string of the molecule is CCSc1ccccc1C(=O)OCC(=O)NCCc1ccccc1F. The van der Waals surface area contributed by atoms with Crippen molar-refractivity contribution in [3.8, 4) is 0 Å². The van der Waals surface area contributed by atoms with Crippen molar-refractivity contribution in [3.05, 3.63) is 65.5 Å². The smallest absolute Gasteiger partial charge is 0.339 e. The van der Waals surface area contributed by atoms with Gasteiger partial charge >= 0.3 is 5.97 Å². The van der Waals surface area contributed by atoms with Gasteiger partial charge in [-0.3, -0.25) is 4.79 Å². The number of amides is 1. The summed E-state index contributed by atoms with van der Waals surface area (Å²) in [4.78, 5) is 24.7. The Morgan fingerprint density at radius 2 is 1.84 bits per heavy atom. The number of nitrogens with one attached hydrogen (secondary N) is 1. The molecule has 0 aliphatic rings. The minimum Gasteiger partial charge on any atom is -0.452 e. The number of carbonyl (C=O) groups excluding carboxylic acids is 2. The van der Waals surface area contributed by atoms with Gasteiger partial charge in [-0.05, 0) is 35.9 Å². The Labute approximate surface area is 150 Å². The van der Waals surface area contributed by atoms with Gasteiger partial charge in [0.25, 0.3) is 5.91 Å². The van der Waals surface area contributed by atoms with Crippen molar-refractivity contribution in [2.45, 2.75) is 18.2 Å². The third-order valence-corrected chi connectivity index (χ3v) is 4.37. The van der Waals surface area contributed by atoms with Crippen molar-refractivity contribution < 1.29 is 18.7 Å². The second-order valence-electron chi connectivity index (χ2n) is 5.20. The summed E-state index contributed by atoms with van der Waals surface area (Å²) in [6, 6.07) is 13.5. The van der Waals surface area contributed by atoms with E-state index in [1.54, 1.807) is 42.1 Å². The molecule has 0 radical (unpaired) electrons. The van der Waals surface area contributed by atoms with E-state index in [0.717, 1.165) is 10.6 Å². The highest BCUT2D eigenvalue weighted by molar-refractivity contribution is 7.99. The molecule has 0 fully saturated rings. The summed E-state index contributed by atoms with van der Waals surface area (Å²) >= 11 is 1.54. The zero-order valence-corrected chi connectivity index (χ0v) is 14.8. The molecule has 132 valence electrons. The summed E-state index contributed by atoms with van der Waals surface area (Å²) < 4.78 is 18.5. The molecule has 0 aliphatic heterocycles. The first-order valence-corrected chi connectivity index (χ1v) is 8.99. The van der Waals surface area contributed by atoms with Crippen LogP contribution in [0.5, 0.6) is 0 Å². The summed E-state index contributed by atoms with van der Waals surface area (Å²) in [5, 5.41) is 2.62. The highest BCUT2D eigenvalue weighted by atomic mass is 32.2. The van der Waals surface area contributed by atoms with E-state index < -0.39 is 11.9 Å². The zero-order chi connectivity index (χ0) is 18.1. The molecule has 2 aromatic carbocycles. The molecule has 0 saturated heterocycles. The molecule has 0 atom stereocenters. The molecular weight excluding hydrogens is 341 g/mol. The maximum absolute atomic E-state index is 13.5. The summed E-state index contributed by atoms with van der Waals surface area (Å²) in [7, 11) is 0. The summed E-state index contributed by atoms with van der Waals surface area (Å²) in [6.07, 6.45) is 0.377. The van der Waals surface area contributed by atoms with Crippen molar-refractivity contribution in [3.63, 3.8) is 0 Å². The molecule has 0 spiro atoms. The van der Waals surface area contributed by atoms with Crippen LogP contribution in [0.1, 0.15) is 22.8 Å². The molecule has 25 heavy (non-hydrogen) atoms. The van der Waals surface area contributed by atoms with Crippen LogP contribution >= 0.6 is 11.8 Å². The number of esters is 1. The Morgan fingerprint density at radius 3 is 2.60 bits per heavy atom. The fraction of sp³-hybridized carbons (Fsp3) is 0.263. The van der Waals surface area contributed by atoms with E-state index in [4.69, 9.17) is 4.74 Å². The van der Waals surface area contributed by atoms with E-state index in [-0.39, 0.29) is 19.0 Å². The van der Waals surface area contributed by atoms with Gasteiger partial charge in [0, 0.05) is 11.4 Å². The molecule has 6 heteroatoms. The minimum absolute atomic E-state index is 0.277. The van der Waals surface area contributed by atoms with Crippen molar-refractivity contribution in [2.75, 3.05) is 18.9 Å². The Kier molecular flexibility index (Phi) is 7.47. The number of thioether (sulfide) groups is 1. The predicted molar refractivity (Wildman–Crippen MR) is 96.2 cm³/mol. The molecule has 0 aliphatic carbocycles. The molecule has 0 heterocycles. The van der Waals surface area contributed by atoms with Crippen LogP contribution < -0.4 is 5.32 Å². The maximum atomic E-state index is 13.5. The van der Waals surface area contributed by atoms with Crippen molar-refractivity contribution in [2.24, 2.45) is 0 Å². The third-order valence-electron chi connectivity index (χ3n) is 3.42. The molecule has 1 N–H and O–H groups in total. The van der Waals surface area contributed by atoms with Gasteiger partial charge in [0.05, 0.1) is 5.56 Å². The van der Waals surface area contributed by atoms with Gasteiger partial charge in [-0.2, -0.15) is 0 Å². The molecule has 0 saturated carbocycles. The van der Waals surface area contributed by atoms with Crippen molar-refractivity contribution >= 4 is 23.6 Å². The number of hydrogen-bond donors (Lipinski definition) is 1. The summed E-state index contributed by atoms with van der Waals surface area (Å²) in [6.45, 7) is 1.91. The minimum atomic E-state index is -0.527. The first kappa shape index (κ1) is 19.0. The number of carbonyl (C=O) groups is 2. The fourth-order valence-electron chi connectivity index (χ4n) is 2.21. The Hall–Kier alpha value is -2.34. The summed E-state index contributed by atoms with van der Waals surface area (Å²) in [5.74, 6) is -0.403. The number of halogens is 1. The number of ether oxygens (including phenoxy) is 1. The lowest BCUT2D eigenvalue weighted by Gasteiger charge is -2.09. The third kappa shape index (κ3) is 5.90. The lowest BCUT2D eigenvalue weighted by atomic mass is 10.1. The standard InChI is InChI=1S/C19H20FNO3S/c1-2-25-17-10-6-4-8-15(17)19(23)24-13-18(22)21-12-11-14-7-3-5-9-16(14)20/h3-10H,2,11-13H2,1H3,(H,21,22). The van der Waals surface area contributed by atoms with E-state index >= 15 is 0 Å². The van der Waals surface area contributed by atoms with Crippen LogP contribution in [0.2, 0.25) is 0 Å². The molecule has 2 rings (SSSR count). The van der Waals surface area contributed by atoms with E-state index in [0.29, 0.717) is 17.5 Å². The highest BCUT2D eigenvalue weighted by Gasteiger charge is 2.14. The van der Waals surface area contributed by atoms with Crippen LogP contribution in [-0.2, 0) is 16.0 Å². The largest absolute Gasteiger partial charge is 0.452 e. The normalized spacial score (nSPS) is 10.3. The van der Waals surface area contributed by atoms with Crippen LogP contribution in [0, 0.1) is 5.82 Å². The van der Waals surface area contributed by atoms with Gasteiger partial charge < -0.3 is 10.1 Å². The molecular formula is C19H20FNO3S. The van der Waals surface area contributed by atoms with Gasteiger partial charge in [-0.1, -0.05) is 37.3 Å². The quantitative estimate of drug-likeness (QED) is 0.578. The van der Waals surface area contributed by atoms with E-state index in [1.807, 2.05) is 19.1 Å². The van der Waals surface area contributed by atoms with Gasteiger partial charge in [0.1, 0.15) is 5.82 Å². The van der Waals surface area contributed by atoms with Crippen LogP contribution in [0.15, 0.2) is 53.4 Å². The average molecular weight is 361 g/mol. The van der Waals surface area contributed by atoms with Crippen molar-refractivity contribution in [1.82, 2.24) is 5.32 Å². The van der Waals surface area contributed by atoms with Gasteiger partial charge in [-0.25, -0.2) is 9.18 Å². The van der Waals surface area contributed by atoms with Gasteiger partial charge in [0.2, 0.25) is 0 Å². The zero-order valence-electron chi connectivity index (χ0n) is 14.0. The average Bonchev–Trinajstić information content (AvgIpc) is 2.62. The number of hydrogen-bond acceptors (Lipinski definition) is 4. The monoisotopic (exact) mass is 361 g/mol. The van der Waals surface area contributed by atoms with Crippen LogP contribution in [-0.4, -0.2) is 30.8 Å². The molecule has 0 bridgehead atoms. The molecule has 0 unspecified atom stereocenters. The molecule has 4 nitrogen and oxygen atoms in total. The van der Waals surface area contributed by atoms with Gasteiger partial charge in [0.15, 0.2) is 6.61 Å². The molecule has 1 amide bonds. The Bertz CT molecular complexity index is 736. The molecule has 2 aromatic rings. The number of rotatable bonds is 8. The summed E-state index contributed by atoms with van der Waals surface area (Å²) in [5.41, 5.74) is 0.985. The lowest BCUT2D eigenvalue weighted by molar-refractivity contribution is -0.124. The van der Waals surface area contributed by atoms with E-state index in [9.17, 15) is 14.0 Å². The Balaban J connectivity index is 1.78. The van der Waals surface area contributed by atoms with Crippen LogP contribution in [0.4, 0.5) is 4.39 Å². The first-order valence-electron chi connectivity index (χ1n) is 8.01. The van der Waals surface area contributed by atoms with Crippen LogP contribution in [0.25, 0.3) is 0 Å². The predicted octanol–water partition coefficient (Wildman–Crippen LogP) is 3.45. The second-order valence-corrected chi connectivity index (χ2v) is 6.50. The van der Waals surface area contributed by atoms with E-state index in [2.05, 4.69) is 5.32 Å². The lowest BCUT2D eigenvalue weighted by Crippen LogP contribution is -2.30. The van der Waals surface area contributed by atoms with E-state index in [1.165, 1.54) is 6.07 Å². The first-order chi connectivity index (χ1) is 12.1. The van der Waals surface area contributed by atoms with Crippen molar-refractivity contribution in [1.29, 1.82) is 0 Å². The highest BCUT2D eigenvalue weighted by Crippen LogP contribution is 2.22.